The van der Waals surface area contributed by atoms with Crippen LogP contribution in [0.2, 0.25) is 0 Å². The van der Waals surface area contributed by atoms with Crippen molar-refractivity contribution >= 4 is 22.6 Å². The minimum absolute atomic E-state index is 0. The molecule has 0 aromatic carbocycles. The maximum absolute atomic E-state index is 12.9. The maximum Gasteiger partial charge on any atom is 0.281 e. The van der Waals surface area contributed by atoms with E-state index in [9.17, 15) is 8.42 Å². The SMILES string of the molecule is CNCC1CCN(S(=O)(=O)N2CCC3CCCCC3C2)CC1.Cl. The van der Waals surface area contributed by atoms with Crippen LogP contribution in [0.5, 0.6) is 0 Å². The number of piperidine rings is 2. The monoisotopic (exact) mass is 365 g/mol. The lowest BCUT2D eigenvalue weighted by Gasteiger charge is -2.43. The molecule has 2 heterocycles. The standard InChI is InChI=1S/C16H31N3O2S.ClH/c1-17-12-14-6-9-18(10-7-14)22(20,21)19-11-8-15-4-2-3-5-16(15)13-19;/h14-17H,2-13H2,1H3;1H. The normalized spacial score (nSPS) is 31.3. The van der Waals surface area contributed by atoms with Gasteiger partial charge >= 0.3 is 0 Å². The summed E-state index contributed by atoms with van der Waals surface area (Å²) < 4.78 is 29.4. The van der Waals surface area contributed by atoms with Gasteiger partial charge < -0.3 is 5.32 Å². The molecule has 1 aliphatic carbocycles. The third-order valence-corrected chi connectivity index (χ3v) is 7.97. The summed E-state index contributed by atoms with van der Waals surface area (Å²) in [5.74, 6) is 2.02. The van der Waals surface area contributed by atoms with E-state index in [4.69, 9.17) is 0 Å². The van der Waals surface area contributed by atoms with E-state index in [1.165, 1.54) is 25.7 Å². The zero-order valence-electron chi connectivity index (χ0n) is 14.2. The number of hydrogen-bond acceptors (Lipinski definition) is 3. The first-order valence-electron chi connectivity index (χ1n) is 9.01. The van der Waals surface area contributed by atoms with E-state index in [2.05, 4.69) is 5.32 Å². The molecule has 0 radical (unpaired) electrons. The Morgan fingerprint density at radius 3 is 2.17 bits per heavy atom. The molecule has 2 saturated heterocycles. The Kier molecular flexibility index (Phi) is 7.17. The highest BCUT2D eigenvalue weighted by Crippen LogP contribution is 2.37. The molecule has 0 amide bonds. The Labute approximate surface area is 147 Å². The summed E-state index contributed by atoms with van der Waals surface area (Å²) in [6, 6.07) is 0. The van der Waals surface area contributed by atoms with Crippen molar-refractivity contribution in [2.24, 2.45) is 17.8 Å². The van der Waals surface area contributed by atoms with Crippen LogP contribution in [0.25, 0.3) is 0 Å². The fourth-order valence-corrected chi connectivity index (χ4v) is 6.29. The molecule has 2 atom stereocenters. The summed E-state index contributed by atoms with van der Waals surface area (Å²) in [5.41, 5.74) is 0. The van der Waals surface area contributed by atoms with Crippen molar-refractivity contribution in [3.05, 3.63) is 0 Å². The number of nitrogens with zero attached hydrogens (tertiary/aromatic N) is 2. The van der Waals surface area contributed by atoms with Crippen LogP contribution < -0.4 is 5.32 Å². The highest BCUT2D eigenvalue weighted by molar-refractivity contribution is 7.86. The maximum atomic E-state index is 12.9. The second kappa shape index (κ2) is 8.48. The van der Waals surface area contributed by atoms with E-state index in [1.807, 2.05) is 7.05 Å². The topological polar surface area (TPSA) is 52.7 Å². The van der Waals surface area contributed by atoms with Gasteiger partial charge in [0.1, 0.15) is 0 Å². The molecule has 7 heteroatoms. The van der Waals surface area contributed by atoms with Gasteiger partial charge in [-0.25, -0.2) is 0 Å². The number of hydrogen-bond donors (Lipinski definition) is 1. The average Bonchev–Trinajstić information content (AvgIpc) is 2.55. The van der Waals surface area contributed by atoms with Crippen molar-refractivity contribution in [2.45, 2.75) is 44.9 Å². The van der Waals surface area contributed by atoms with Gasteiger partial charge in [0.25, 0.3) is 10.2 Å². The summed E-state index contributed by atoms with van der Waals surface area (Å²) in [6.07, 6.45) is 8.20. The molecule has 3 fully saturated rings. The largest absolute Gasteiger partial charge is 0.319 e. The fourth-order valence-electron chi connectivity index (χ4n) is 4.57. The third kappa shape index (κ3) is 4.40. The van der Waals surface area contributed by atoms with Crippen LogP contribution in [-0.4, -0.2) is 56.8 Å². The Morgan fingerprint density at radius 2 is 1.52 bits per heavy atom. The quantitative estimate of drug-likeness (QED) is 0.830. The molecule has 5 nitrogen and oxygen atoms in total. The summed E-state index contributed by atoms with van der Waals surface area (Å²) in [4.78, 5) is 0. The summed E-state index contributed by atoms with van der Waals surface area (Å²) in [5, 5.41) is 3.21. The van der Waals surface area contributed by atoms with Crippen molar-refractivity contribution in [1.29, 1.82) is 0 Å². The predicted octanol–water partition coefficient (Wildman–Crippen LogP) is 2.10. The molecule has 0 aromatic heterocycles. The minimum atomic E-state index is -3.23. The fraction of sp³-hybridized carbons (Fsp3) is 1.00. The molecule has 0 bridgehead atoms. The molecule has 1 saturated carbocycles. The van der Waals surface area contributed by atoms with E-state index in [-0.39, 0.29) is 12.4 Å². The molecule has 136 valence electrons. The molecular formula is C16H32ClN3O2S. The van der Waals surface area contributed by atoms with Crippen LogP contribution in [0.4, 0.5) is 0 Å². The summed E-state index contributed by atoms with van der Waals surface area (Å²) >= 11 is 0. The lowest BCUT2D eigenvalue weighted by atomic mass is 9.76. The first-order chi connectivity index (χ1) is 10.6. The molecular weight excluding hydrogens is 334 g/mol. The van der Waals surface area contributed by atoms with Gasteiger partial charge in [-0.15, -0.1) is 12.4 Å². The van der Waals surface area contributed by atoms with Crippen LogP contribution in [0.3, 0.4) is 0 Å². The second-order valence-corrected chi connectivity index (χ2v) is 9.29. The van der Waals surface area contributed by atoms with E-state index in [0.717, 1.165) is 44.8 Å². The van der Waals surface area contributed by atoms with Gasteiger partial charge in [0, 0.05) is 26.2 Å². The molecule has 3 rings (SSSR count). The molecule has 2 unspecified atom stereocenters. The van der Waals surface area contributed by atoms with Gasteiger partial charge in [-0.05, 0) is 57.0 Å². The van der Waals surface area contributed by atoms with Crippen LogP contribution >= 0.6 is 12.4 Å². The van der Waals surface area contributed by atoms with Gasteiger partial charge in [-0.2, -0.15) is 17.0 Å². The Balaban J connectivity index is 0.00000192. The van der Waals surface area contributed by atoms with Gasteiger partial charge in [0.15, 0.2) is 0 Å². The van der Waals surface area contributed by atoms with Gasteiger partial charge in [-0.3, -0.25) is 0 Å². The van der Waals surface area contributed by atoms with Crippen LogP contribution in [0.15, 0.2) is 0 Å². The van der Waals surface area contributed by atoms with Gasteiger partial charge in [0.2, 0.25) is 0 Å². The first kappa shape index (κ1) is 19.4. The number of nitrogens with one attached hydrogen (secondary N) is 1. The Hall–Kier alpha value is 0.120. The van der Waals surface area contributed by atoms with Crippen molar-refractivity contribution in [3.8, 4) is 0 Å². The van der Waals surface area contributed by atoms with Crippen molar-refractivity contribution < 1.29 is 8.42 Å². The van der Waals surface area contributed by atoms with Gasteiger partial charge in [-0.1, -0.05) is 19.3 Å². The number of rotatable bonds is 4. The number of fused-ring (bicyclic) bond motifs is 1. The summed E-state index contributed by atoms with van der Waals surface area (Å²) in [6.45, 7) is 3.89. The zero-order valence-corrected chi connectivity index (χ0v) is 15.9. The van der Waals surface area contributed by atoms with E-state index >= 15 is 0 Å². The number of halogens is 1. The van der Waals surface area contributed by atoms with E-state index in [1.54, 1.807) is 8.61 Å². The molecule has 23 heavy (non-hydrogen) atoms. The molecule has 2 aliphatic heterocycles. The van der Waals surface area contributed by atoms with E-state index in [0.29, 0.717) is 24.9 Å². The summed E-state index contributed by atoms with van der Waals surface area (Å²) in [7, 11) is -1.26. The Bertz CT molecular complexity index is 466. The van der Waals surface area contributed by atoms with Crippen molar-refractivity contribution in [1.82, 2.24) is 13.9 Å². The lowest BCUT2D eigenvalue weighted by molar-refractivity contribution is 0.129. The first-order valence-corrected chi connectivity index (χ1v) is 10.4. The molecule has 3 aliphatic rings. The predicted molar refractivity (Wildman–Crippen MR) is 96.0 cm³/mol. The highest BCUT2D eigenvalue weighted by Gasteiger charge is 2.39. The third-order valence-electron chi connectivity index (χ3n) is 5.97. The van der Waals surface area contributed by atoms with Crippen molar-refractivity contribution in [3.63, 3.8) is 0 Å². The van der Waals surface area contributed by atoms with E-state index < -0.39 is 10.2 Å². The van der Waals surface area contributed by atoms with Crippen molar-refractivity contribution in [2.75, 3.05) is 39.8 Å². The van der Waals surface area contributed by atoms with Crippen LogP contribution in [-0.2, 0) is 10.2 Å². The lowest BCUT2D eigenvalue weighted by Crippen LogP contribution is -2.52. The van der Waals surface area contributed by atoms with Crippen LogP contribution in [0.1, 0.15) is 44.9 Å². The van der Waals surface area contributed by atoms with Gasteiger partial charge in [0.05, 0.1) is 0 Å². The highest BCUT2D eigenvalue weighted by atomic mass is 35.5. The molecule has 0 aromatic rings. The smallest absolute Gasteiger partial charge is 0.281 e. The second-order valence-electron chi connectivity index (χ2n) is 7.36. The minimum Gasteiger partial charge on any atom is -0.319 e. The molecule has 0 spiro atoms. The van der Waals surface area contributed by atoms with Crippen LogP contribution in [0, 0.1) is 17.8 Å². The molecule has 1 N–H and O–H groups in total. The zero-order chi connectivity index (χ0) is 15.6. The Morgan fingerprint density at radius 1 is 0.913 bits per heavy atom. The average molecular weight is 366 g/mol.